The van der Waals surface area contributed by atoms with Crippen LogP contribution in [0.15, 0.2) is 24.3 Å². The van der Waals surface area contributed by atoms with Crippen LogP contribution in [0.2, 0.25) is 0 Å². The largest absolute Gasteiger partial charge is 0.466 e. The molecule has 1 aliphatic rings. The van der Waals surface area contributed by atoms with Gasteiger partial charge >= 0.3 is 5.97 Å². The molecular weight excluding hydrogens is 254 g/mol. The average Bonchev–Trinajstić information content (AvgIpc) is 2.83. The highest BCUT2D eigenvalue weighted by Crippen LogP contribution is 2.38. The number of ether oxygens (including phenoxy) is 3. The Kier molecular flexibility index (Phi) is 3.37. The summed E-state index contributed by atoms with van der Waals surface area (Å²) in [5.41, 5.74) is 0.309. The van der Waals surface area contributed by atoms with Crippen LogP contribution in [-0.2, 0) is 16.0 Å². The van der Waals surface area contributed by atoms with Crippen molar-refractivity contribution in [2.75, 3.05) is 13.9 Å². The van der Waals surface area contributed by atoms with E-state index in [1.165, 1.54) is 19.2 Å². The molecule has 19 heavy (non-hydrogen) atoms. The zero-order valence-electron chi connectivity index (χ0n) is 10.2. The molecule has 7 heteroatoms. The minimum Gasteiger partial charge on any atom is -0.466 e. The molecule has 0 N–H and O–H groups in total. The maximum absolute atomic E-state index is 11.3. The molecule has 0 aliphatic carbocycles. The smallest absolute Gasteiger partial charge is 0.333 e. The van der Waals surface area contributed by atoms with Crippen molar-refractivity contribution < 1.29 is 23.9 Å². The van der Waals surface area contributed by atoms with Crippen molar-refractivity contribution >= 4 is 11.7 Å². The summed E-state index contributed by atoms with van der Waals surface area (Å²) in [6, 6.07) is 2.76. The fourth-order valence-electron chi connectivity index (χ4n) is 1.73. The molecule has 0 fully saturated rings. The third-order valence-corrected chi connectivity index (χ3v) is 2.65. The number of esters is 1. The number of carbonyl (C=O) groups is 1. The van der Waals surface area contributed by atoms with Crippen molar-refractivity contribution in [2.45, 2.75) is 6.42 Å². The van der Waals surface area contributed by atoms with Gasteiger partial charge in [-0.1, -0.05) is 6.58 Å². The highest BCUT2D eigenvalue weighted by Gasteiger charge is 2.24. The summed E-state index contributed by atoms with van der Waals surface area (Å²) in [5.74, 6) is 0.129. The number of hydrogen-bond donors (Lipinski definition) is 0. The van der Waals surface area contributed by atoms with Gasteiger partial charge < -0.3 is 14.2 Å². The van der Waals surface area contributed by atoms with Crippen molar-refractivity contribution in [1.29, 1.82) is 0 Å². The molecule has 1 aromatic rings. The van der Waals surface area contributed by atoms with Crippen LogP contribution < -0.4 is 9.47 Å². The lowest BCUT2D eigenvalue weighted by molar-refractivity contribution is -0.385. The lowest BCUT2D eigenvalue weighted by Crippen LogP contribution is -2.07. The number of benzene rings is 1. The van der Waals surface area contributed by atoms with Gasteiger partial charge in [0.15, 0.2) is 11.5 Å². The van der Waals surface area contributed by atoms with E-state index >= 15 is 0 Å². The number of fused-ring (bicyclic) bond motifs is 1. The van der Waals surface area contributed by atoms with E-state index in [0.717, 1.165) is 0 Å². The second-order valence-corrected chi connectivity index (χ2v) is 3.86. The number of nitro groups is 1. The molecule has 7 nitrogen and oxygen atoms in total. The number of nitrogens with zero attached hydrogens (tertiary/aromatic N) is 1. The highest BCUT2D eigenvalue weighted by atomic mass is 16.7. The average molecular weight is 265 g/mol. The fourth-order valence-corrected chi connectivity index (χ4v) is 1.73. The molecule has 1 aliphatic heterocycles. The summed E-state index contributed by atoms with van der Waals surface area (Å²) in [7, 11) is 1.22. The van der Waals surface area contributed by atoms with E-state index in [4.69, 9.17) is 9.47 Å². The van der Waals surface area contributed by atoms with Gasteiger partial charge in [-0.15, -0.1) is 0 Å². The third-order valence-electron chi connectivity index (χ3n) is 2.65. The highest BCUT2D eigenvalue weighted by molar-refractivity contribution is 5.88. The number of carbonyl (C=O) groups excluding carboxylic acids is 1. The predicted molar refractivity (Wildman–Crippen MR) is 64.1 cm³/mol. The van der Waals surface area contributed by atoms with Crippen LogP contribution in [0.3, 0.4) is 0 Å². The molecule has 0 aromatic heterocycles. The molecule has 0 spiro atoms. The van der Waals surface area contributed by atoms with Gasteiger partial charge in [0.25, 0.3) is 5.69 Å². The van der Waals surface area contributed by atoms with Crippen LogP contribution in [0.1, 0.15) is 5.56 Å². The van der Waals surface area contributed by atoms with E-state index in [9.17, 15) is 14.9 Å². The monoisotopic (exact) mass is 265 g/mol. The number of nitro benzene ring substituents is 1. The van der Waals surface area contributed by atoms with Crippen LogP contribution in [0, 0.1) is 10.1 Å². The Labute approximate surface area is 108 Å². The Morgan fingerprint density at radius 1 is 1.47 bits per heavy atom. The molecule has 0 unspecified atom stereocenters. The van der Waals surface area contributed by atoms with Gasteiger partial charge in [-0.05, 0) is 6.07 Å². The van der Waals surface area contributed by atoms with Gasteiger partial charge in [-0.2, -0.15) is 0 Å². The Bertz CT molecular complexity index is 566. The van der Waals surface area contributed by atoms with Crippen molar-refractivity contribution in [3.63, 3.8) is 0 Å². The van der Waals surface area contributed by atoms with Gasteiger partial charge in [0, 0.05) is 17.6 Å². The molecule has 1 aromatic carbocycles. The molecule has 2 rings (SSSR count). The Morgan fingerprint density at radius 3 is 2.68 bits per heavy atom. The maximum Gasteiger partial charge on any atom is 0.333 e. The summed E-state index contributed by atoms with van der Waals surface area (Å²) in [5, 5.41) is 11.0. The quantitative estimate of drug-likeness (QED) is 0.355. The number of hydrogen-bond acceptors (Lipinski definition) is 6. The Morgan fingerprint density at radius 2 is 2.11 bits per heavy atom. The van der Waals surface area contributed by atoms with Gasteiger partial charge in [0.1, 0.15) is 0 Å². The first-order valence-corrected chi connectivity index (χ1v) is 5.36. The van der Waals surface area contributed by atoms with Crippen molar-refractivity contribution in [2.24, 2.45) is 0 Å². The second-order valence-electron chi connectivity index (χ2n) is 3.86. The summed E-state index contributed by atoms with van der Waals surface area (Å²) in [6.45, 7) is 3.57. The zero-order chi connectivity index (χ0) is 14.0. The Balaban J connectivity index is 2.36. The van der Waals surface area contributed by atoms with E-state index in [1.807, 2.05) is 0 Å². The van der Waals surface area contributed by atoms with E-state index in [-0.39, 0.29) is 24.5 Å². The lowest BCUT2D eigenvalue weighted by atomic mass is 10.0. The van der Waals surface area contributed by atoms with Crippen molar-refractivity contribution in [3.8, 4) is 11.5 Å². The van der Waals surface area contributed by atoms with Crippen LogP contribution in [-0.4, -0.2) is 24.8 Å². The molecule has 0 amide bonds. The first-order valence-electron chi connectivity index (χ1n) is 5.36. The molecule has 0 bridgehead atoms. The van der Waals surface area contributed by atoms with Gasteiger partial charge in [-0.25, -0.2) is 4.79 Å². The molecule has 0 saturated carbocycles. The van der Waals surface area contributed by atoms with E-state index in [1.54, 1.807) is 0 Å². The molecule has 1 heterocycles. The first-order chi connectivity index (χ1) is 9.02. The van der Waals surface area contributed by atoms with Gasteiger partial charge in [0.2, 0.25) is 6.79 Å². The predicted octanol–water partition coefficient (Wildman–Crippen LogP) is 1.60. The topological polar surface area (TPSA) is 87.9 Å². The summed E-state index contributed by atoms with van der Waals surface area (Å²) in [4.78, 5) is 21.7. The third kappa shape index (κ3) is 2.49. The van der Waals surface area contributed by atoms with Crippen LogP contribution in [0.5, 0.6) is 11.5 Å². The van der Waals surface area contributed by atoms with Crippen LogP contribution in [0.25, 0.3) is 0 Å². The van der Waals surface area contributed by atoms with E-state index in [2.05, 4.69) is 11.3 Å². The SMILES string of the molecule is C=C(Cc1cc2c(cc1[N+](=O)[O-])OCO2)C(=O)OC. The lowest BCUT2D eigenvalue weighted by Gasteiger charge is -2.06. The molecule has 0 atom stereocenters. The van der Waals surface area contributed by atoms with Gasteiger partial charge in [-0.3, -0.25) is 10.1 Å². The van der Waals surface area contributed by atoms with Gasteiger partial charge in [0.05, 0.1) is 18.1 Å². The number of rotatable bonds is 4. The molecule has 0 saturated heterocycles. The minimum atomic E-state index is -0.605. The second kappa shape index (κ2) is 4.97. The zero-order valence-corrected chi connectivity index (χ0v) is 10.2. The summed E-state index contributed by atoms with van der Waals surface area (Å²) in [6.07, 6.45) is 0.0135. The first kappa shape index (κ1) is 12.9. The molecular formula is C12H11NO6. The summed E-state index contributed by atoms with van der Waals surface area (Å²) >= 11 is 0. The maximum atomic E-state index is 11.3. The number of methoxy groups -OCH3 is 1. The molecule has 100 valence electrons. The minimum absolute atomic E-state index is 0.0135. The normalized spacial score (nSPS) is 12.1. The fraction of sp³-hybridized carbons (Fsp3) is 0.250. The standard InChI is InChI=1S/C12H11NO6/c1-7(12(14)17-2)3-8-4-10-11(19-6-18-10)5-9(8)13(15)16/h4-5H,1,3,6H2,2H3. The van der Waals surface area contributed by atoms with E-state index < -0.39 is 10.9 Å². The van der Waals surface area contributed by atoms with E-state index in [0.29, 0.717) is 17.1 Å². The van der Waals surface area contributed by atoms with Crippen LogP contribution >= 0.6 is 0 Å². The Hall–Kier alpha value is -2.57. The van der Waals surface area contributed by atoms with Crippen LogP contribution in [0.4, 0.5) is 5.69 Å². The molecule has 0 radical (unpaired) electrons. The van der Waals surface area contributed by atoms with Crippen molar-refractivity contribution in [1.82, 2.24) is 0 Å². The summed E-state index contributed by atoms with van der Waals surface area (Å²) < 4.78 is 14.7. The van der Waals surface area contributed by atoms with Crippen molar-refractivity contribution in [3.05, 3.63) is 40.0 Å².